The lowest BCUT2D eigenvalue weighted by Crippen LogP contribution is -2.57. The molecule has 0 saturated carbocycles. The topological polar surface area (TPSA) is 96.0 Å². The molecule has 0 fully saturated rings. The number of amides is 4. The summed E-state index contributed by atoms with van der Waals surface area (Å²) in [4.78, 5) is 51.5. The van der Waals surface area contributed by atoms with E-state index in [4.69, 9.17) is 4.74 Å². The Kier molecular flexibility index (Phi) is 6.69. The van der Waals surface area contributed by atoms with Gasteiger partial charge in [-0.1, -0.05) is 62.7 Å². The molecule has 0 bridgehead atoms. The summed E-state index contributed by atoms with van der Waals surface area (Å²) in [7, 11) is 1.25. The minimum atomic E-state index is -0.920. The molecule has 0 saturated heterocycles. The van der Waals surface area contributed by atoms with E-state index in [1.165, 1.54) is 7.11 Å². The van der Waals surface area contributed by atoms with Crippen molar-refractivity contribution in [2.24, 2.45) is 5.92 Å². The maximum atomic E-state index is 13.3. The quantitative estimate of drug-likeness (QED) is 0.546. The largest absolute Gasteiger partial charge is 0.467 e. The number of benzene rings is 2. The van der Waals surface area contributed by atoms with E-state index in [1.807, 2.05) is 19.9 Å². The Hall–Kier alpha value is -3.68. The first kappa shape index (κ1) is 22.0. The zero-order valence-corrected chi connectivity index (χ0v) is 17.7. The molecule has 2 aromatic rings. The van der Waals surface area contributed by atoms with Gasteiger partial charge in [-0.3, -0.25) is 9.59 Å². The summed E-state index contributed by atoms with van der Waals surface area (Å²) >= 11 is 0. The van der Waals surface area contributed by atoms with E-state index in [0.717, 1.165) is 10.0 Å². The van der Waals surface area contributed by atoms with Gasteiger partial charge in [0.1, 0.15) is 6.04 Å². The highest BCUT2D eigenvalue weighted by Gasteiger charge is 2.42. The molecule has 0 spiro atoms. The molecule has 1 N–H and O–H groups in total. The van der Waals surface area contributed by atoms with Gasteiger partial charge in [0, 0.05) is 0 Å². The van der Waals surface area contributed by atoms with Crippen LogP contribution in [0.3, 0.4) is 0 Å². The third kappa shape index (κ3) is 4.42. The fourth-order valence-corrected chi connectivity index (χ4v) is 3.39. The predicted octanol–water partition coefficient (Wildman–Crippen LogP) is 3.00. The van der Waals surface area contributed by atoms with Crippen molar-refractivity contribution >= 4 is 23.8 Å². The van der Waals surface area contributed by atoms with Crippen LogP contribution in [0.2, 0.25) is 0 Å². The second-order valence-electron chi connectivity index (χ2n) is 7.35. The predicted molar refractivity (Wildman–Crippen MR) is 113 cm³/mol. The summed E-state index contributed by atoms with van der Waals surface area (Å²) < 4.78 is 4.83. The smallest absolute Gasteiger partial charge is 0.337 e. The van der Waals surface area contributed by atoms with Crippen LogP contribution >= 0.6 is 0 Å². The number of methoxy groups -OCH3 is 1. The molecule has 2 aromatic carbocycles. The van der Waals surface area contributed by atoms with Crippen LogP contribution in [0.25, 0.3) is 0 Å². The molecule has 162 valence electrons. The van der Waals surface area contributed by atoms with Crippen LogP contribution in [-0.4, -0.2) is 47.0 Å². The summed E-state index contributed by atoms with van der Waals surface area (Å²) in [6.45, 7) is 3.66. The number of ether oxygens (including phenoxy) is 1. The molecule has 8 nitrogen and oxygen atoms in total. The number of fused-ring (bicyclic) bond motifs is 1. The number of hydrogen-bond acceptors (Lipinski definition) is 5. The lowest BCUT2D eigenvalue weighted by molar-refractivity contribution is -0.144. The lowest BCUT2D eigenvalue weighted by atomic mass is 9.99. The average molecular weight is 423 g/mol. The van der Waals surface area contributed by atoms with E-state index in [-0.39, 0.29) is 23.6 Å². The minimum Gasteiger partial charge on any atom is -0.467 e. The zero-order valence-electron chi connectivity index (χ0n) is 17.7. The van der Waals surface area contributed by atoms with Gasteiger partial charge in [0.05, 0.1) is 24.8 Å². The summed E-state index contributed by atoms with van der Waals surface area (Å²) in [5.41, 5.74) is 1.17. The Morgan fingerprint density at radius 1 is 1.00 bits per heavy atom. The fourth-order valence-electron chi connectivity index (χ4n) is 3.39. The molecule has 2 atom stereocenters. The van der Waals surface area contributed by atoms with Gasteiger partial charge in [-0.15, -0.1) is 0 Å². The van der Waals surface area contributed by atoms with Crippen LogP contribution < -0.4 is 5.32 Å². The fraction of sp³-hybridized carbons (Fsp3) is 0.304. The lowest BCUT2D eigenvalue weighted by Gasteiger charge is -2.32. The van der Waals surface area contributed by atoms with Gasteiger partial charge in [-0.05, 0) is 23.6 Å². The normalized spacial score (nSPS) is 14.6. The highest BCUT2D eigenvalue weighted by Crippen LogP contribution is 2.25. The summed E-state index contributed by atoms with van der Waals surface area (Å²) in [5, 5.41) is 4.52. The van der Waals surface area contributed by atoms with Crippen molar-refractivity contribution in [1.29, 1.82) is 0 Å². The number of esters is 1. The van der Waals surface area contributed by atoms with Crippen LogP contribution in [0.15, 0.2) is 54.6 Å². The van der Waals surface area contributed by atoms with E-state index in [1.54, 1.807) is 48.5 Å². The number of nitrogens with zero attached hydrogens (tertiary/aromatic N) is 2. The number of hydrogen-bond donors (Lipinski definition) is 1. The number of nitrogens with one attached hydrogen (secondary N) is 1. The van der Waals surface area contributed by atoms with Crippen LogP contribution in [0, 0.1) is 5.92 Å². The zero-order chi connectivity index (χ0) is 22.5. The summed E-state index contributed by atoms with van der Waals surface area (Å²) in [6.07, 6.45) is 0.617. The van der Waals surface area contributed by atoms with Gasteiger partial charge in [0.2, 0.25) is 0 Å². The second kappa shape index (κ2) is 9.42. The van der Waals surface area contributed by atoms with E-state index < -0.39 is 29.9 Å². The van der Waals surface area contributed by atoms with Crippen molar-refractivity contribution in [2.75, 3.05) is 7.11 Å². The molecule has 0 aromatic heterocycles. The highest BCUT2D eigenvalue weighted by molar-refractivity contribution is 6.21. The van der Waals surface area contributed by atoms with Crippen molar-refractivity contribution in [2.45, 2.75) is 32.9 Å². The molecule has 0 radical (unpaired) electrons. The summed E-state index contributed by atoms with van der Waals surface area (Å²) in [6, 6.07) is 13.7. The number of hydrazine groups is 1. The molecule has 8 heteroatoms. The van der Waals surface area contributed by atoms with Crippen LogP contribution in [0.5, 0.6) is 0 Å². The van der Waals surface area contributed by atoms with Gasteiger partial charge < -0.3 is 10.1 Å². The van der Waals surface area contributed by atoms with Crippen molar-refractivity contribution < 1.29 is 23.9 Å². The van der Waals surface area contributed by atoms with Crippen molar-refractivity contribution in [3.63, 3.8) is 0 Å². The number of rotatable bonds is 7. The molecular formula is C23H25N3O5. The van der Waals surface area contributed by atoms with Crippen molar-refractivity contribution in [1.82, 2.24) is 15.3 Å². The SMILES string of the molecule is CC[C@@H](C)[C@H](NC(=O)N(Cc1ccccc1)N1C(=O)c2ccccc2C1=O)C(=O)OC. The van der Waals surface area contributed by atoms with Crippen LogP contribution in [0.1, 0.15) is 46.5 Å². The van der Waals surface area contributed by atoms with Gasteiger partial charge in [-0.2, -0.15) is 5.01 Å². The molecule has 1 aliphatic heterocycles. The Morgan fingerprint density at radius 2 is 1.55 bits per heavy atom. The van der Waals surface area contributed by atoms with Crippen LogP contribution in [0.4, 0.5) is 4.79 Å². The van der Waals surface area contributed by atoms with Crippen molar-refractivity contribution in [3.05, 3.63) is 71.3 Å². The van der Waals surface area contributed by atoms with Gasteiger partial charge >= 0.3 is 12.0 Å². The maximum absolute atomic E-state index is 13.3. The first-order valence-corrected chi connectivity index (χ1v) is 10.1. The van der Waals surface area contributed by atoms with Crippen molar-refractivity contribution in [3.8, 4) is 0 Å². The third-order valence-corrected chi connectivity index (χ3v) is 5.37. The van der Waals surface area contributed by atoms with E-state index in [0.29, 0.717) is 12.0 Å². The molecule has 1 aliphatic rings. The molecular weight excluding hydrogens is 398 g/mol. The summed E-state index contributed by atoms with van der Waals surface area (Å²) in [5.74, 6) is -1.99. The molecule has 1 heterocycles. The van der Waals surface area contributed by atoms with E-state index >= 15 is 0 Å². The van der Waals surface area contributed by atoms with Crippen LogP contribution in [-0.2, 0) is 16.1 Å². The number of carbonyl (C=O) groups excluding carboxylic acids is 4. The standard InChI is InChI=1S/C23H25N3O5/c1-4-15(2)19(22(29)31-3)24-23(30)25(14-16-10-6-5-7-11-16)26-20(27)17-12-8-9-13-18(17)21(26)28/h5-13,15,19H,4,14H2,1-3H3,(H,24,30)/t15-,19+/m1/s1. The Labute approximate surface area is 180 Å². The number of urea groups is 1. The Balaban J connectivity index is 1.95. The number of carbonyl (C=O) groups is 4. The Bertz CT molecular complexity index is 957. The van der Waals surface area contributed by atoms with Gasteiger partial charge in [-0.25, -0.2) is 14.6 Å². The van der Waals surface area contributed by atoms with Gasteiger partial charge in [0.15, 0.2) is 0 Å². The second-order valence-corrected chi connectivity index (χ2v) is 7.35. The minimum absolute atomic E-state index is 0.0352. The maximum Gasteiger partial charge on any atom is 0.337 e. The van der Waals surface area contributed by atoms with E-state index in [9.17, 15) is 19.2 Å². The third-order valence-electron chi connectivity index (χ3n) is 5.37. The Morgan fingerprint density at radius 3 is 2.06 bits per heavy atom. The average Bonchev–Trinajstić information content (AvgIpc) is 3.05. The molecule has 4 amide bonds. The molecule has 31 heavy (non-hydrogen) atoms. The van der Waals surface area contributed by atoms with Gasteiger partial charge in [0.25, 0.3) is 11.8 Å². The van der Waals surface area contributed by atoms with E-state index in [2.05, 4.69) is 5.32 Å². The highest BCUT2D eigenvalue weighted by atomic mass is 16.5. The molecule has 0 unspecified atom stereocenters. The molecule has 3 rings (SSSR count). The number of imide groups is 1. The first-order chi connectivity index (χ1) is 14.9. The first-order valence-electron chi connectivity index (χ1n) is 10.1. The monoisotopic (exact) mass is 423 g/mol. The molecule has 0 aliphatic carbocycles.